The van der Waals surface area contributed by atoms with Gasteiger partial charge in [0, 0.05) is 25.4 Å². The average Bonchev–Trinajstić information content (AvgIpc) is 2.88. The summed E-state index contributed by atoms with van der Waals surface area (Å²) in [5.41, 5.74) is 1.79. The summed E-state index contributed by atoms with van der Waals surface area (Å²) >= 11 is 1.48. The molecule has 4 nitrogen and oxygen atoms in total. The minimum Gasteiger partial charge on any atom is -0.481 e. The van der Waals surface area contributed by atoms with E-state index < -0.39 is 5.97 Å². The molecule has 106 valence electrons. The molecule has 0 bridgehead atoms. The third-order valence-electron chi connectivity index (χ3n) is 2.79. The minimum absolute atomic E-state index is 0.0881. The second-order valence-electron chi connectivity index (χ2n) is 4.50. The molecule has 0 aliphatic carbocycles. The molecule has 1 heterocycles. The number of aliphatic carboxylic acids is 1. The van der Waals surface area contributed by atoms with Crippen LogP contribution in [0.3, 0.4) is 0 Å². The average molecular weight is 294 g/mol. The second-order valence-corrected chi connectivity index (χ2v) is 5.33. The van der Waals surface area contributed by atoms with Gasteiger partial charge in [-0.25, -0.2) is 9.37 Å². The summed E-state index contributed by atoms with van der Waals surface area (Å²) in [5, 5.41) is 11.3. The van der Waals surface area contributed by atoms with Gasteiger partial charge in [0.25, 0.3) is 0 Å². The summed E-state index contributed by atoms with van der Waals surface area (Å²) in [6.45, 7) is 0.631. The Hall–Kier alpha value is -1.95. The van der Waals surface area contributed by atoms with E-state index in [1.165, 1.54) is 23.5 Å². The van der Waals surface area contributed by atoms with Gasteiger partial charge in [0.1, 0.15) is 5.82 Å². The maximum Gasteiger partial charge on any atom is 0.303 e. The van der Waals surface area contributed by atoms with E-state index in [1.54, 1.807) is 12.1 Å². The van der Waals surface area contributed by atoms with Gasteiger partial charge in [-0.15, -0.1) is 11.3 Å². The zero-order valence-electron chi connectivity index (χ0n) is 11.0. The van der Waals surface area contributed by atoms with Crippen LogP contribution in [0.2, 0.25) is 0 Å². The zero-order chi connectivity index (χ0) is 14.5. The first-order valence-corrected chi connectivity index (χ1v) is 7.04. The number of rotatable bonds is 6. The number of nitrogens with zero attached hydrogens (tertiary/aromatic N) is 2. The number of aromatic nitrogens is 1. The number of carbonyl (C=O) groups is 1. The molecule has 1 aromatic carbocycles. The Kier molecular flexibility index (Phi) is 4.68. The number of hydrogen-bond donors (Lipinski definition) is 1. The molecule has 0 amide bonds. The minimum atomic E-state index is -0.820. The van der Waals surface area contributed by atoms with Crippen molar-refractivity contribution in [3.8, 4) is 0 Å². The van der Waals surface area contributed by atoms with Crippen molar-refractivity contribution in [2.45, 2.75) is 19.4 Å². The number of thiazole rings is 1. The Labute approximate surface area is 120 Å². The highest BCUT2D eigenvalue weighted by Crippen LogP contribution is 2.21. The van der Waals surface area contributed by atoms with E-state index in [0.717, 1.165) is 16.4 Å². The normalized spacial score (nSPS) is 10.5. The van der Waals surface area contributed by atoms with Crippen LogP contribution in [0.25, 0.3) is 0 Å². The number of carboxylic acid groups (broad SMARTS) is 1. The third-order valence-corrected chi connectivity index (χ3v) is 3.80. The number of benzene rings is 1. The van der Waals surface area contributed by atoms with Crippen LogP contribution < -0.4 is 4.90 Å². The monoisotopic (exact) mass is 294 g/mol. The van der Waals surface area contributed by atoms with Crippen LogP contribution in [0.1, 0.15) is 17.7 Å². The van der Waals surface area contributed by atoms with E-state index in [0.29, 0.717) is 13.0 Å². The lowest BCUT2D eigenvalue weighted by Crippen LogP contribution is -2.16. The first-order chi connectivity index (χ1) is 9.54. The Bertz CT molecular complexity index is 583. The van der Waals surface area contributed by atoms with Crippen LogP contribution in [-0.2, 0) is 17.8 Å². The molecule has 0 aliphatic heterocycles. The summed E-state index contributed by atoms with van der Waals surface area (Å²) in [6.07, 6.45) is 0.529. The first kappa shape index (κ1) is 14.5. The molecule has 0 spiro atoms. The third kappa shape index (κ3) is 4.03. The molecule has 0 atom stereocenters. The van der Waals surface area contributed by atoms with Crippen molar-refractivity contribution >= 4 is 22.4 Å². The lowest BCUT2D eigenvalue weighted by Gasteiger charge is -2.15. The number of anilines is 1. The zero-order valence-corrected chi connectivity index (χ0v) is 11.9. The molecule has 6 heteroatoms. The van der Waals surface area contributed by atoms with E-state index in [4.69, 9.17) is 5.11 Å². The molecule has 0 unspecified atom stereocenters. The standard InChI is InChI=1S/C14H15FN2O2S/c1-17(8-10-2-4-11(15)5-3-10)14-16-12(9-20-14)6-7-13(18)19/h2-5,9H,6-8H2,1H3,(H,18,19). The molecular weight excluding hydrogens is 279 g/mol. The largest absolute Gasteiger partial charge is 0.481 e. The van der Waals surface area contributed by atoms with E-state index in [-0.39, 0.29) is 12.2 Å². The van der Waals surface area contributed by atoms with Crippen molar-refractivity contribution in [3.05, 3.63) is 46.7 Å². The lowest BCUT2D eigenvalue weighted by molar-refractivity contribution is -0.136. The summed E-state index contributed by atoms with van der Waals surface area (Å²) in [4.78, 5) is 16.9. The fourth-order valence-electron chi connectivity index (χ4n) is 1.75. The van der Waals surface area contributed by atoms with Gasteiger partial charge in [-0.3, -0.25) is 4.79 Å². The smallest absolute Gasteiger partial charge is 0.303 e. The van der Waals surface area contributed by atoms with Gasteiger partial charge < -0.3 is 10.0 Å². The molecule has 2 rings (SSSR count). The quantitative estimate of drug-likeness (QED) is 0.890. The fraction of sp³-hybridized carbons (Fsp3) is 0.286. The molecule has 2 aromatic rings. The maximum absolute atomic E-state index is 12.8. The SMILES string of the molecule is CN(Cc1ccc(F)cc1)c1nc(CCC(=O)O)cs1. The number of carboxylic acids is 1. The summed E-state index contributed by atoms with van der Waals surface area (Å²) in [5.74, 6) is -1.07. The highest BCUT2D eigenvalue weighted by Gasteiger charge is 2.09. The molecular formula is C14H15FN2O2S. The van der Waals surface area contributed by atoms with Crippen molar-refractivity contribution < 1.29 is 14.3 Å². The first-order valence-electron chi connectivity index (χ1n) is 6.16. The summed E-state index contributed by atoms with van der Waals surface area (Å²) in [6, 6.07) is 6.35. The molecule has 0 aliphatic rings. The van der Waals surface area contributed by atoms with E-state index in [2.05, 4.69) is 4.98 Å². The van der Waals surface area contributed by atoms with Crippen LogP contribution >= 0.6 is 11.3 Å². The van der Waals surface area contributed by atoms with Gasteiger partial charge in [-0.1, -0.05) is 12.1 Å². The summed E-state index contributed by atoms with van der Waals surface area (Å²) in [7, 11) is 1.91. The molecule has 1 N–H and O–H groups in total. The van der Waals surface area contributed by atoms with Crippen LogP contribution in [0.5, 0.6) is 0 Å². The molecule has 0 radical (unpaired) electrons. The molecule has 0 saturated heterocycles. The Morgan fingerprint density at radius 3 is 2.75 bits per heavy atom. The Balaban J connectivity index is 1.96. The van der Waals surface area contributed by atoms with Crippen LogP contribution in [0.15, 0.2) is 29.6 Å². The van der Waals surface area contributed by atoms with Crippen molar-refractivity contribution in [1.82, 2.24) is 4.98 Å². The van der Waals surface area contributed by atoms with Crippen LogP contribution in [0, 0.1) is 5.82 Å². The molecule has 1 aromatic heterocycles. The van der Waals surface area contributed by atoms with Gasteiger partial charge in [-0.2, -0.15) is 0 Å². The number of hydrogen-bond acceptors (Lipinski definition) is 4. The fourth-order valence-corrected chi connectivity index (χ4v) is 2.58. The molecule has 20 heavy (non-hydrogen) atoms. The predicted molar refractivity (Wildman–Crippen MR) is 76.6 cm³/mol. The molecule has 0 fully saturated rings. The molecule has 0 saturated carbocycles. The van der Waals surface area contributed by atoms with Crippen LogP contribution in [-0.4, -0.2) is 23.1 Å². The number of aryl methyl sites for hydroxylation is 1. The van der Waals surface area contributed by atoms with Gasteiger partial charge in [0.15, 0.2) is 5.13 Å². The van der Waals surface area contributed by atoms with Crippen LogP contribution in [0.4, 0.5) is 9.52 Å². The Morgan fingerprint density at radius 2 is 2.10 bits per heavy atom. The van der Waals surface area contributed by atoms with Crippen molar-refractivity contribution in [1.29, 1.82) is 0 Å². The highest BCUT2D eigenvalue weighted by atomic mass is 32.1. The van der Waals surface area contributed by atoms with Gasteiger partial charge in [0.2, 0.25) is 0 Å². The van der Waals surface area contributed by atoms with Crippen molar-refractivity contribution in [3.63, 3.8) is 0 Å². The second kappa shape index (κ2) is 6.47. The van der Waals surface area contributed by atoms with Gasteiger partial charge in [0.05, 0.1) is 12.1 Å². The summed E-state index contributed by atoms with van der Waals surface area (Å²) < 4.78 is 12.8. The van der Waals surface area contributed by atoms with Gasteiger partial charge >= 0.3 is 5.97 Å². The number of halogens is 1. The topological polar surface area (TPSA) is 53.4 Å². The predicted octanol–water partition coefficient (Wildman–Crippen LogP) is 2.94. The Morgan fingerprint density at radius 1 is 1.40 bits per heavy atom. The van der Waals surface area contributed by atoms with Crippen molar-refractivity contribution in [2.24, 2.45) is 0 Å². The lowest BCUT2D eigenvalue weighted by atomic mass is 10.2. The maximum atomic E-state index is 12.8. The van der Waals surface area contributed by atoms with E-state index in [1.807, 2.05) is 17.3 Å². The van der Waals surface area contributed by atoms with Gasteiger partial charge in [-0.05, 0) is 17.7 Å². The van der Waals surface area contributed by atoms with Crippen molar-refractivity contribution in [2.75, 3.05) is 11.9 Å². The van der Waals surface area contributed by atoms with E-state index in [9.17, 15) is 9.18 Å². The highest BCUT2D eigenvalue weighted by molar-refractivity contribution is 7.13. The van der Waals surface area contributed by atoms with E-state index >= 15 is 0 Å².